The number of carbonyl (C=O) groups is 2. The zero-order valence-electron chi connectivity index (χ0n) is 22.4. The number of aliphatic carboxylic acids is 1. The molecular formula is C29H35N5O5. The SMILES string of the molecule is CCCCc1ccc(-c2c(C(=O)N3CCC(OCC(=O)O)CC3)c(=O)n(-c3ccc(C(=N)N)cc3)n2C)cc1. The van der Waals surface area contributed by atoms with Crippen LogP contribution in [-0.2, 0) is 23.0 Å². The van der Waals surface area contributed by atoms with Crippen LogP contribution in [0.5, 0.6) is 0 Å². The minimum atomic E-state index is -1.03. The number of piperidine rings is 1. The lowest BCUT2D eigenvalue weighted by Gasteiger charge is -2.31. The number of hydrogen-bond acceptors (Lipinski definition) is 5. The second-order valence-corrected chi connectivity index (χ2v) is 9.82. The van der Waals surface area contributed by atoms with Gasteiger partial charge in [0, 0.05) is 31.3 Å². The average molecular weight is 534 g/mol. The molecule has 0 bridgehead atoms. The lowest BCUT2D eigenvalue weighted by atomic mass is 10.0. The molecule has 2 heterocycles. The zero-order chi connectivity index (χ0) is 28.1. The first-order valence-corrected chi connectivity index (χ1v) is 13.2. The number of carboxylic acid groups (broad SMARTS) is 1. The summed E-state index contributed by atoms with van der Waals surface area (Å²) in [6.07, 6.45) is 3.89. The summed E-state index contributed by atoms with van der Waals surface area (Å²) in [5.74, 6) is -1.47. The molecule has 3 aromatic rings. The van der Waals surface area contributed by atoms with E-state index in [-0.39, 0.29) is 30.0 Å². The Balaban J connectivity index is 1.72. The van der Waals surface area contributed by atoms with Crippen molar-refractivity contribution in [2.75, 3.05) is 19.7 Å². The normalized spacial score (nSPS) is 13.9. The second-order valence-electron chi connectivity index (χ2n) is 9.82. The lowest BCUT2D eigenvalue weighted by molar-refractivity contribution is -0.145. The molecule has 1 aliphatic heterocycles. The average Bonchev–Trinajstić information content (AvgIpc) is 3.20. The van der Waals surface area contributed by atoms with Crippen molar-refractivity contribution in [1.29, 1.82) is 5.41 Å². The Morgan fingerprint density at radius 1 is 1.08 bits per heavy atom. The van der Waals surface area contributed by atoms with E-state index in [2.05, 4.69) is 6.92 Å². The van der Waals surface area contributed by atoms with Gasteiger partial charge in [-0.1, -0.05) is 37.6 Å². The molecule has 2 aromatic carbocycles. The Morgan fingerprint density at radius 3 is 2.28 bits per heavy atom. The Morgan fingerprint density at radius 2 is 1.72 bits per heavy atom. The van der Waals surface area contributed by atoms with Crippen LogP contribution >= 0.6 is 0 Å². The van der Waals surface area contributed by atoms with Crippen molar-refractivity contribution < 1.29 is 19.4 Å². The fourth-order valence-electron chi connectivity index (χ4n) is 4.98. The molecule has 4 rings (SSSR count). The van der Waals surface area contributed by atoms with Gasteiger partial charge in [0.15, 0.2) is 0 Å². The summed E-state index contributed by atoms with van der Waals surface area (Å²) < 4.78 is 8.57. The number of nitrogens with one attached hydrogen (secondary N) is 1. The predicted octanol–water partition coefficient (Wildman–Crippen LogP) is 3.18. The van der Waals surface area contributed by atoms with Crippen LogP contribution in [0.15, 0.2) is 53.3 Å². The highest BCUT2D eigenvalue weighted by Crippen LogP contribution is 2.27. The van der Waals surface area contributed by atoms with Gasteiger partial charge in [0.2, 0.25) is 0 Å². The number of amidine groups is 1. The van der Waals surface area contributed by atoms with E-state index in [1.165, 1.54) is 10.2 Å². The quantitative estimate of drug-likeness (QED) is 0.270. The molecule has 10 nitrogen and oxygen atoms in total. The van der Waals surface area contributed by atoms with E-state index >= 15 is 0 Å². The number of likely N-dealkylation sites (tertiary alicyclic amines) is 1. The molecule has 206 valence electrons. The molecule has 1 amide bonds. The number of ether oxygens (including phenoxy) is 1. The van der Waals surface area contributed by atoms with Crippen LogP contribution < -0.4 is 11.3 Å². The molecule has 39 heavy (non-hydrogen) atoms. The monoisotopic (exact) mass is 533 g/mol. The lowest BCUT2D eigenvalue weighted by Crippen LogP contribution is -2.42. The van der Waals surface area contributed by atoms with Crippen molar-refractivity contribution in [3.8, 4) is 16.9 Å². The molecular weight excluding hydrogens is 498 g/mol. The van der Waals surface area contributed by atoms with Gasteiger partial charge in [0.1, 0.15) is 18.0 Å². The highest BCUT2D eigenvalue weighted by Gasteiger charge is 2.31. The maximum atomic E-state index is 13.9. The minimum absolute atomic E-state index is 0.0729. The molecule has 0 atom stereocenters. The molecule has 1 saturated heterocycles. The van der Waals surface area contributed by atoms with Crippen molar-refractivity contribution in [3.63, 3.8) is 0 Å². The van der Waals surface area contributed by atoms with E-state index in [9.17, 15) is 14.4 Å². The summed E-state index contributed by atoms with van der Waals surface area (Å²) in [6.45, 7) is 2.50. The van der Waals surface area contributed by atoms with Crippen LogP contribution in [-0.4, -0.2) is 62.9 Å². The van der Waals surface area contributed by atoms with E-state index < -0.39 is 11.5 Å². The van der Waals surface area contributed by atoms with E-state index in [0.29, 0.717) is 42.9 Å². The Hall–Kier alpha value is -4.18. The topological polar surface area (TPSA) is 144 Å². The summed E-state index contributed by atoms with van der Waals surface area (Å²) in [5.41, 5.74) is 8.80. The fraction of sp³-hybridized carbons (Fsp3) is 0.379. The summed E-state index contributed by atoms with van der Waals surface area (Å²) in [6, 6.07) is 14.7. The summed E-state index contributed by atoms with van der Waals surface area (Å²) in [4.78, 5) is 40.2. The molecule has 0 radical (unpaired) electrons. The van der Waals surface area contributed by atoms with Crippen molar-refractivity contribution in [2.24, 2.45) is 12.8 Å². The molecule has 1 fully saturated rings. The Bertz CT molecular complexity index is 1400. The number of aryl methyl sites for hydroxylation is 1. The van der Waals surface area contributed by atoms with Crippen LogP contribution in [0.4, 0.5) is 0 Å². The number of carboxylic acids is 1. The number of nitrogen functional groups attached to an aromatic ring is 1. The predicted molar refractivity (Wildman–Crippen MR) is 149 cm³/mol. The molecule has 0 spiro atoms. The van der Waals surface area contributed by atoms with Crippen LogP contribution in [0.25, 0.3) is 16.9 Å². The largest absolute Gasteiger partial charge is 0.480 e. The van der Waals surface area contributed by atoms with E-state index in [4.69, 9.17) is 21.0 Å². The van der Waals surface area contributed by atoms with Gasteiger partial charge < -0.3 is 20.5 Å². The smallest absolute Gasteiger partial charge is 0.329 e. The summed E-state index contributed by atoms with van der Waals surface area (Å²) >= 11 is 0. The van der Waals surface area contributed by atoms with Crippen molar-refractivity contribution >= 4 is 17.7 Å². The van der Waals surface area contributed by atoms with Crippen LogP contribution in [0.2, 0.25) is 0 Å². The number of rotatable bonds is 10. The Kier molecular flexibility index (Phi) is 8.65. The van der Waals surface area contributed by atoms with Gasteiger partial charge in [-0.05, 0) is 55.5 Å². The van der Waals surface area contributed by atoms with E-state index in [0.717, 1.165) is 24.8 Å². The Labute approximate surface area is 227 Å². The number of amides is 1. The first-order chi connectivity index (χ1) is 18.7. The van der Waals surface area contributed by atoms with Gasteiger partial charge in [-0.15, -0.1) is 0 Å². The second kappa shape index (κ2) is 12.1. The number of nitrogens with zero attached hydrogens (tertiary/aromatic N) is 3. The molecule has 0 unspecified atom stereocenters. The number of hydrogen-bond donors (Lipinski definition) is 3. The van der Waals surface area contributed by atoms with E-state index in [1.807, 2.05) is 24.3 Å². The van der Waals surface area contributed by atoms with Gasteiger partial charge in [-0.3, -0.25) is 19.7 Å². The molecule has 1 aromatic heterocycles. The highest BCUT2D eigenvalue weighted by molar-refractivity contribution is 6.00. The van der Waals surface area contributed by atoms with Gasteiger partial charge in [-0.25, -0.2) is 9.48 Å². The van der Waals surface area contributed by atoms with Crippen molar-refractivity contribution in [3.05, 3.63) is 75.6 Å². The number of carbonyl (C=O) groups excluding carboxylic acids is 1. The van der Waals surface area contributed by atoms with Crippen molar-refractivity contribution in [2.45, 2.75) is 45.1 Å². The van der Waals surface area contributed by atoms with Gasteiger partial charge in [0.05, 0.1) is 17.5 Å². The van der Waals surface area contributed by atoms with Crippen LogP contribution in [0, 0.1) is 5.41 Å². The number of benzene rings is 2. The third-order valence-electron chi connectivity index (χ3n) is 7.12. The molecule has 4 N–H and O–H groups in total. The standard InChI is InChI=1S/C29H35N5O5/c1-3-4-5-19-6-8-20(9-7-19)26-25(28(37)33-16-14-23(15-17-33)39-18-24(35)36)29(38)34(32(26)2)22-12-10-21(11-13-22)27(30)31/h6-13,23H,3-5,14-18H2,1-2H3,(H3,30,31)(H,35,36). The maximum Gasteiger partial charge on any atom is 0.329 e. The third-order valence-corrected chi connectivity index (χ3v) is 7.12. The minimum Gasteiger partial charge on any atom is -0.480 e. The number of unbranched alkanes of at least 4 members (excludes halogenated alkanes) is 1. The van der Waals surface area contributed by atoms with Gasteiger partial charge >= 0.3 is 5.97 Å². The molecule has 10 heteroatoms. The summed E-state index contributed by atoms with van der Waals surface area (Å²) in [5, 5.41) is 16.5. The maximum absolute atomic E-state index is 13.9. The zero-order valence-corrected chi connectivity index (χ0v) is 22.4. The van der Waals surface area contributed by atoms with Gasteiger partial charge in [-0.2, -0.15) is 0 Å². The summed E-state index contributed by atoms with van der Waals surface area (Å²) in [7, 11) is 1.75. The van der Waals surface area contributed by atoms with Crippen LogP contribution in [0.1, 0.15) is 54.1 Å². The molecule has 0 aliphatic carbocycles. The number of aromatic nitrogens is 2. The molecule has 1 aliphatic rings. The first-order valence-electron chi connectivity index (χ1n) is 13.2. The van der Waals surface area contributed by atoms with Crippen LogP contribution in [0.3, 0.4) is 0 Å². The molecule has 0 saturated carbocycles. The van der Waals surface area contributed by atoms with Crippen molar-refractivity contribution in [1.82, 2.24) is 14.3 Å². The fourth-order valence-corrected chi connectivity index (χ4v) is 4.98. The number of nitrogens with two attached hydrogens (primary N) is 1. The van der Waals surface area contributed by atoms with Gasteiger partial charge in [0.25, 0.3) is 11.5 Å². The highest BCUT2D eigenvalue weighted by atomic mass is 16.5. The first kappa shape index (κ1) is 27.8. The third kappa shape index (κ3) is 6.12. The van der Waals surface area contributed by atoms with E-state index in [1.54, 1.807) is 40.9 Å².